The van der Waals surface area contributed by atoms with Crippen LogP contribution < -0.4 is 4.74 Å². The van der Waals surface area contributed by atoms with Crippen LogP contribution in [0.25, 0.3) is 0 Å². The summed E-state index contributed by atoms with van der Waals surface area (Å²) in [5.41, 5.74) is 0.623. The van der Waals surface area contributed by atoms with Gasteiger partial charge in [0.05, 0.1) is 13.5 Å². The number of thiophene rings is 1. The molecule has 0 unspecified atom stereocenters. The SMILES string of the molecule is COc1ccc(CN(C)C(=O)COC(=O)CCc2cccs2)cc1F. The Morgan fingerprint density at radius 3 is 2.72 bits per heavy atom. The van der Waals surface area contributed by atoms with E-state index in [2.05, 4.69) is 0 Å². The third-order valence-corrected chi connectivity index (χ3v) is 4.51. The molecule has 1 heterocycles. The minimum absolute atomic E-state index is 0.150. The number of aryl methyl sites for hydroxylation is 1. The molecule has 25 heavy (non-hydrogen) atoms. The van der Waals surface area contributed by atoms with E-state index in [0.717, 1.165) is 4.88 Å². The minimum atomic E-state index is -0.485. The largest absolute Gasteiger partial charge is 0.494 e. The first-order chi connectivity index (χ1) is 12.0. The molecule has 2 aromatic rings. The van der Waals surface area contributed by atoms with E-state index in [1.54, 1.807) is 24.5 Å². The molecule has 0 saturated heterocycles. The van der Waals surface area contributed by atoms with Gasteiger partial charge in [0.25, 0.3) is 5.91 Å². The number of methoxy groups -OCH3 is 1. The fraction of sp³-hybridized carbons (Fsp3) is 0.333. The molecule has 0 bridgehead atoms. The van der Waals surface area contributed by atoms with Crippen LogP contribution in [0.5, 0.6) is 5.75 Å². The molecule has 134 valence electrons. The number of carbonyl (C=O) groups is 2. The molecule has 0 saturated carbocycles. The number of nitrogens with zero attached hydrogens (tertiary/aromatic N) is 1. The van der Waals surface area contributed by atoms with Crippen molar-refractivity contribution >= 4 is 23.2 Å². The topological polar surface area (TPSA) is 55.8 Å². The summed E-state index contributed by atoms with van der Waals surface area (Å²) in [5, 5.41) is 1.95. The number of hydrogen-bond acceptors (Lipinski definition) is 5. The van der Waals surface area contributed by atoms with E-state index in [-0.39, 0.29) is 31.2 Å². The lowest BCUT2D eigenvalue weighted by Gasteiger charge is -2.17. The quantitative estimate of drug-likeness (QED) is 0.675. The highest BCUT2D eigenvalue weighted by molar-refractivity contribution is 7.09. The van der Waals surface area contributed by atoms with Crippen LogP contribution in [0.3, 0.4) is 0 Å². The molecule has 0 N–H and O–H groups in total. The van der Waals surface area contributed by atoms with Gasteiger partial charge in [0, 0.05) is 18.5 Å². The van der Waals surface area contributed by atoms with Gasteiger partial charge in [0.1, 0.15) is 0 Å². The van der Waals surface area contributed by atoms with Gasteiger partial charge in [-0.2, -0.15) is 0 Å². The summed E-state index contributed by atoms with van der Waals surface area (Å²) in [6.07, 6.45) is 0.840. The summed E-state index contributed by atoms with van der Waals surface area (Å²) in [7, 11) is 2.96. The van der Waals surface area contributed by atoms with Crippen LogP contribution in [0, 0.1) is 5.82 Å². The lowest BCUT2D eigenvalue weighted by atomic mass is 10.2. The zero-order chi connectivity index (χ0) is 18.2. The molecule has 5 nitrogen and oxygen atoms in total. The zero-order valence-corrected chi connectivity index (χ0v) is 15.0. The minimum Gasteiger partial charge on any atom is -0.494 e. The second-order valence-electron chi connectivity index (χ2n) is 5.46. The van der Waals surface area contributed by atoms with Crippen molar-refractivity contribution in [3.8, 4) is 5.75 Å². The molecular formula is C18H20FNO4S. The Labute approximate surface area is 150 Å². The maximum Gasteiger partial charge on any atom is 0.306 e. The molecule has 0 fully saturated rings. The van der Waals surface area contributed by atoms with Gasteiger partial charge in [-0.05, 0) is 35.6 Å². The fourth-order valence-corrected chi connectivity index (χ4v) is 2.88. The van der Waals surface area contributed by atoms with Gasteiger partial charge in [-0.25, -0.2) is 4.39 Å². The number of ether oxygens (including phenoxy) is 2. The highest BCUT2D eigenvalue weighted by Gasteiger charge is 2.14. The van der Waals surface area contributed by atoms with Crippen LogP contribution in [-0.2, 0) is 27.3 Å². The Morgan fingerprint density at radius 1 is 1.28 bits per heavy atom. The zero-order valence-electron chi connectivity index (χ0n) is 14.2. The Balaban J connectivity index is 1.75. The first-order valence-corrected chi connectivity index (χ1v) is 8.62. The van der Waals surface area contributed by atoms with E-state index in [9.17, 15) is 14.0 Å². The van der Waals surface area contributed by atoms with Gasteiger partial charge in [-0.3, -0.25) is 9.59 Å². The average molecular weight is 365 g/mol. The number of hydrogen-bond donors (Lipinski definition) is 0. The van der Waals surface area contributed by atoms with E-state index in [1.807, 2.05) is 17.5 Å². The standard InChI is InChI=1S/C18H20FNO4S/c1-20(11-13-5-7-16(23-2)15(19)10-13)17(21)12-24-18(22)8-6-14-4-3-9-25-14/h3-5,7,9-10H,6,8,11-12H2,1-2H3. The molecule has 0 aliphatic rings. The van der Waals surface area contributed by atoms with Crippen molar-refractivity contribution in [3.63, 3.8) is 0 Å². The van der Waals surface area contributed by atoms with Gasteiger partial charge >= 0.3 is 5.97 Å². The second kappa shape index (κ2) is 9.17. The Bertz CT molecular complexity index is 718. The van der Waals surface area contributed by atoms with E-state index in [1.165, 1.54) is 24.1 Å². The van der Waals surface area contributed by atoms with Crippen LogP contribution in [-0.4, -0.2) is 37.5 Å². The molecule has 0 spiro atoms. The summed E-state index contributed by atoms with van der Waals surface area (Å²) in [6, 6.07) is 8.37. The maximum atomic E-state index is 13.7. The van der Waals surface area contributed by atoms with E-state index >= 15 is 0 Å². The van der Waals surface area contributed by atoms with Crippen molar-refractivity contribution in [1.29, 1.82) is 0 Å². The highest BCUT2D eigenvalue weighted by atomic mass is 32.1. The Hall–Kier alpha value is -2.41. The monoisotopic (exact) mass is 365 g/mol. The normalized spacial score (nSPS) is 10.4. The molecule has 0 atom stereocenters. The van der Waals surface area contributed by atoms with Crippen LogP contribution in [0.2, 0.25) is 0 Å². The number of halogens is 1. The van der Waals surface area contributed by atoms with Crippen molar-refractivity contribution in [2.24, 2.45) is 0 Å². The lowest BCUT2D eigenvalue weighted by Crippen LogP contribution is -2.30. The van der Waals surface area contributed by atoms with Gasteiger partial charge in [0.2, 0.25) is 0 Å². The summed E-state index contributed by atoms with van der Waals surface area (Å²) in [6.45, 7) is -0.106. The molecular weight excluding hydrogens is 345 g/mol. The van der Waals surface area contributed by atoms with Crippen LogP contribution in [0.15, 0.2) is 35.7 Å². The van der Waals surface area contributed by atoms with Crippen molar-refractivity contribution in [2.45, 2.75) is 19.4 Å². The first-order valence-electron chi connectivity index (χ1n) is 7.74. The maximum absolute atomic E-state index is 13.7. The average Bonchev–Trinajstić information content (AvgIpc) is 3.11. The molecule has 1 aromatic heterocycles. The fourth-order valence-electron chi connectivity index (χ4n) is 2.17. The summed E-state index contributed by atoms with van der Waals surface area (Å²) in [5.74, 6) is -1.09. The summed E-state index contributed by atoms with van der Waals surface area (Å²) >= 11 is 1.58. The highest BCUT2D eigenvalue weighted by Crippen LogP contribution is 2.18. The summed E-state index contributed by atoms with van der Waals surface area (Å²) in [4.78, 5) is 26.2. The van der Waals surface area contributed by atoms with Gasteiger partial charge in [-0.15, -0.1) is 11.3 Å². The van der Waals surface area contributed by atoms with E-state index in [4.69, 9.17) is 9.47 Å². The molecule has 0 aliphatic carbocycles. The van der Waals surface area contributed by atoms with Crippen molar-refractivity contribution in [3.05, 3.63) is 52.0 Å². The molecule has 0 radical (unpaired) electrons. The molecule has 7 heteroatoms. The van der Waals surface area contributed by atoms with Crippen molar-refractivity contribution < 1.29 is 23.5 Å². The second-order valence-corrected chi connectivity index (χ2v) is 6.49. The van der Waals surface area contributed by atoms with Crippen molar-refractivity contribution in [1.82, 2.24) is 4.90 Å². The Morgan fingerprint density at radius 2 is 2.08 bits per heavy atom. The molecule has 1 aromatic carbocycles. The number of amides is 1. The van der Waals surface area contributed by atoms with Crippen LogP contribution >= 0.6 is 11.3 Å². The number of rotatable bonds is 8. The smallest absolute Gasteiger partial charge is 0.306 e. The van der Waals surface area contributed by atoms with Gasteiger partial charge in [-0.1, -0.05) is 12.1 Å². The molecule has 2 rings (SSSR count). The van der Waals surface area contributed by atoms with E-state index < -0.39 is 11.8 Å². The number of benzene rings is 1. The van der Waals surface area contributed by atoms with E-state index in [0.29, 0.717) is 12.0 Å². The van der Waals surface area contributed by atoms with Crippen LogP contribution in [0.1, 0.15) is 16.9 Å². The predicted octanol–water partition coefficient (Wildman–Crippen LogP) is 3.03. The number of esters is 1. The lowest BCUT2D eigenvalue weighted by molar-refractivity contribution is -0.151. The number of carbonyl (C=O) groups excluding carboxylic acids is 2. The van der Waals surface area contributed by atoms with Gasteiger partial charge in [0.15, 0.2) is 18.2 Å². The van der Waals surface area contributed by atoms with Crippen LogP contribution in [0.4, 0.5) is 4.39 Å². The molecule has 0 aliphatic heterocycles. The third kappa shape index (κ3) is 5.86. The molecule has 1 amide bonds. The van der Waals surface area contributed by atoms with Gasteiger partial charge < -0.3 is 14.4 Å². The van der Waals surface area contributed by atoms with Crippen molar-refractivity contribution in [2.75, 3.05) is 20.8 Å². The number of likely N-dealkylation sites (N-methyl/N-ethyl adjacent to an activating group) is 1. The Kier molecular flexibility index (Phi) is 6.94. The third-order valence-electron chi connectivity index (χ3n) is 3.57. The predicted molar refractivity (Wildman–Crippen MR) is 93.0 cm³/mol. The summed E-state index contributed by atoms with van der Waals surface area (Å²) < 4.78 is 23.5. The first kappa shape index (κ1) is 18.9.